The molecule has 1 aliphatic rings. The first-order valence-corrected chi connectivity index (χ1v) is 10.8. The number of hydrogen-bond acceptors (Lipinski definition) is 3. The average Bonchev–Trinajstić information content (AvgIpc) is 3.08. The van der Waals surface area contributed by atoms with Gasteiger partial charge in [0.2, 0.25) is 5.91 Å². The van der Waals surface area contributed by atoms with E-state index in [1.807, 2.05) is 13.8 Å². The topological polar surface area (TPSA) is 50.2 Å². The van der Waals surface area contributed by atoms with Crippen molar-refractivity contribution in [1.82, 2.24) is 19.8 Å². The van der Waals surface area contributed by atoms with Crippen LogP contribution in [0.25, 0.3) is 11.0 Å². The van der Waals surface area contributed by atoms with Crippen LogP contribution in [0.1, 0.15) is 58.4 Å². The molecule has 5 nitrogen and oxygen atoms in total. The molecule has 29 heavy (non-hydrogen) atoms. The number of halogens is 2. The molecule has 1 N–H and O–H groups in total. The maximum Gasteiger partial charge on any atom is 0.243 e. The van der Waals surface area contributed by atoms with Gasteiger partial charge in [0.15, 0.2) is 11.6 Å². The van der Waals surface area contributed by atoms with Gasteiger partial charge < -0.3 is 14.8 Å². The molecule has 1 aromatic heterocycles. The highest BCUT2D eigenvalue weighted by Crippen LogP contribution is 2.25. The molecule has 0 bridgehead atoms. The summed E-state index contributed by atoms with van der Waals surface area (Å²) in [4.78, 5) is 19.5. The zero-order valence-electron chi connectivity index (χ0n) is 17.5. The average molecular weight is 407 g/mol. The monoisotopic (exact) mass is 406 g/mol. The Balaban J connectivity index is 1.52. The lowest BCUT2D eigenvalue weighted by Gasteiger charge is -2.26. The van der Waals surface area contributed by atoms with Gasteiger partial charge in [0.25, 0.3) is 0 Å². The molecule has 3 rings (SSSR count). The number of rotatable bonds is 9. The number of unbranched alkanes of at least 4 members (excludes halogenated alkanes) is 2. The number of likely N-dealkylation sites (tertiary alicyclic amines) is 1. The van der Waals surface area contributed by atoms with Crippen molar-refractivity contribution in [2.45, 2.75) is 58.4 Å². The number of benzene rings is 1. The highest BCUT2D eigenvalue weighted by atomic mass is 19.2. The summed E-state index contributed by atoms with van der Waals surface area (Å²) in [6.07, 6.45) is 8.65. The number of piperidine rings is 1. The van der Waals surface area contributed by atoms with Gasteiger partial charge in [-0.15, -0.1) is 0 Å². The molecule has 1 aromatic carbocycles. The SMILES string of the molecule is CC(C)C(C(=O)NCCCCCN1CCCCC1)n1cnc2cc(F)c(F)cc21. The van der Waals surface area contributed by atoms with Gasteiger partial charge >= 0.3 is 0 Å². The standard InChI is InChI=1S/C22H32F2N4O/c1-16(2)21(28-15-26-19-13-17(23)18(24)14-20(19)28)22(29)25-9-5-3-6-10-27-11-7-4-8-12-27/h13-16,21H,3-12H2,1-2H3,(H,25,29). The van der Waals surface area contributed by atoms with E-state index in [4.69, 9.17) is 0 Å². The Bertz CT molecular complexity index is 814. The molecule has 7 heteroatoms. The van der Waals surface area contributed by atoms with E-state index in [-0.39, 0.29) is 11.8 Å². The Hall–Kier alpha value is -2.02. The van der Waals surface area contributed by atoms with Crippen molar-refractivity contribution in [2.24, 2.45) is 5.92 Å². The highest BCUT2D eigenvalue weighted by Gasteiger charge is 2.26. The van der Waals surface area contributed by atoms with Crippen LogP contribution in [0.2, 0.25) is 0 Å². The smallest absolute Gasteiger partial charge is 0.243 e. The normalized spacial score (nSPS) is 16.4. The van der Waals surface area contributed by atoms with E-state index in [2.05, 4.69) is 15.2 Å². The summed E-state index contributed by atoms with van der Waals surface area (Å²) >= 11 is 0. The fourth-order valence-corrected chi connectivity index (χ4v) is 4.13. The molecule has 0 spiro atoms. The van der Waals surface area contributed by atoms with Crippen LogP contribution in [0.3, 0.4) is 0 Å². The van der Waals surface area contributed by atoms with Gasteiger partial charge in [0.1, 0.15) is 6.04 Å². The lowest BCUT2D eigenvalue weighted by molar-refractivity contribution is -0.125. The second-order valence-corrected chi connectivity index (χ2v) is 8.35. The zero-order valence-corrected chi connectivity index (χ0v) is 17.5. The van der Waals surface area contributed by atoms with Crippen molar-refractivity contribution in [3.05, 3.63) is 30.1 Å². The van der Waals surface area contributed by atoms with Crippen LogP contribution in [-0.4, -0.2) is 46.5 Å². The van der Waals surface area contributed by atoms with E-state index in [0.717, 1.165) is 37.9 Å². The summed E-state index contributed by atoms with van der Waals surface area (Å²) in [5, 5.41) is 3.01. The second-order valence-electron chi connectivity index (χ2n) is 8.35. The van der Waals surface area contributed by atoms with Gasteiger partial charge in [-0.25, -0.2) is 13.8 Å². The number of imidazole rings is 1. The van der Waals surface area contributed by atoms with Gasteiger partial charge in [-0.05, 0) is 51.2 Å². The van der Waals surface area contributed by atoms with Crippen molar-refractivity contribution in [3.63, 3.8) is 0 Å². The molecular weight excluding hydrogens is 374 g/mol. The van der Waals surface area contributed by atoms with Crippen LogP contribution in [0.5, 0.6) is 0 Å². The minimum atomic E-state index is -0.934. The van der Waals surface area contributed by atoms with Gasteiger partial charge in [-0.2, -0.15) is 0 Å². The molecule has 1 atom stereocenters. The first-order valence-electron chi connectivity index (χ1n) is 10.8. The summed E-state index contributed by atoms with van der Waals surface area (Å²) in [6.45, 7) is 8.08. The van der Waals surface area contributed by atoms with Crippen molar-refractivity contribution >= 4 is 16.9 Å². The molecule has 2 aromatic rings. The minimum Gasteiger partial charge on any atom is -0.354 e. The molecule has 1 fully saturated rings. The van der Waals surface area contributed by atoms with Gasteiger partial charge in [0.05, 0.1) is 17.4 Å². The van der Waals surface area contributed by atoms with E-state index in [9.17, 15) is 13.6 Å². The first kappa shape index (κ1) is 21.7. The number of amides is 1. The molecule has 2 heterocycles. The Morgan fingerprint density at radius 3 is 2.55 bits per heavy atom. The first-order chi connectivity index (χ1) is 14.0. The van der Waals surface area contributed by atoms with E-state index in [1.54, 1.807) is 4.57 Å². The summed E-state index contributed by atoms with van der Waals surface area (Å²) in [5.74, 6) is -1.99. The number of carbonyl (C=O) groups excluding carboxylic acids is 1. The van der Waals surface area contributed by atoms with E-state index in [1.165, 1.54) is 38.7 Å². The lowest BCUT2D eigenvalue weighted by Crippen LogP contribution is -2.36. The molecule has 160 valence electrons. The van der Waals surface area contributed by atoms with Crippen LogP contribution >= 0.6 is 0 Å². The molecule has 1 saturated heterocycles. The predicted molar refractivity (Wildman–Crippen MR) is 111 cm³/mol. The maximum absolute atomic E-state index is 13.7. The number of fused-ring (bicyclic) bond motifs is 1. The van der Waals surface area contributed by atoms with Crippen LogP contribution in [0, 0.1) is 17.6 Å². The third kappa shape index (κ3) is 5.53. The number of nitrogens with one attached hydrogen (secondary N) is 1. The third-order valence-corrected chi connectivity index (χ3v) is 5.72. The molecule has 0 radical (unpaired) electrons. The Labute approximate surface area is 171 Å². The van der Waals surface area contributed by atoms with Crippen LogP contribution in [-0.2, 0) is 4.79 Å². The number of aromatic nitrogens is 2. The maximum atomic E-state index is 13.7. The minimum absolute atomic E-state index is 0.0142. The lowest BCUT2D eigenvalue weighted by atomic mass is 10.0. The quantitative estimate of drug-likeness (QED) is 0.632. The second kappa shape index (κ2) is 10.1. The van der Waals surface area contributed by atoms with Crippen molar-refractivity contribution < 1.29 is 13.6 Å². The van der Waals surface area contributed by atoms with Crippen molar-refractivity contribution in [1.29, 1.82) is 0 Å². The fourth-order valence-electron chi connectivity index (χ4n) is 4.13. The molecular formula is C22H32F2N4O. The predicted octanol–water partition coefficient (Wildman–Crippen LogP) is 4.28. The summed E-state index contributed by atoms with van der Waals surface area (Å²) in [7, 11) is 0. The highest BCUT2D eigenvalue weighted by molar-refractivity contribution is 5.84. The summed E-state index contributed by atoms with van der Waals surface area (Å²) < 4.78 is 28.8. The van der Waals surface area contributed by atoms with E-state index >= 15 is 0 Å². The summed E-state index contributed by atoms with van der Waals surface area (Å²) in [6, 6.07) is 1.66. The third-order valence-electron chi connectivity index (χ3n) is 5.72. The van der Waals surface area contributed by atoms with E-state index in [0.29, 0.717) is 17.6 Å². The van der Waals surface area contributed by atoms with Gasteiger partial charge in [0, 0.05) is 18.7 Å². The van der Waals surface area contributed by atoms with Crippen molar-refractivity contribution in [3.8, 4) is 0 Å². The molecule has 1 aliphatic heterocycles. The molecule has 1 unspecified atom stereocenters. The molecule has 1 amide bonds. The molecule has 0 aliphatic carbocycles. The molecule has 0 saturated carbocycles. The van der Waals surface area contributed by atoms with Gasteiger partial charge in [-0.3, -0.25) is 4.79 Å². The van der Waals surface area contributed by atoms with Crippen molar-refractivity contribution in [2.75, 3.05) is 26.2 Å². The Morgan fingerprint density at radius 1 is 1.10 bits per heavy atom. The van der Waals surface area contributed by atoms with Crippen LogP contribution < -0.4 is 5.32 Å². The zero-order chi connectivity index (χ0) is 20.8. The summed E-state index contributed by atoms with van der Waals surface area (Å²) in [5.41, 5.74) is 0.777. The van der Waals surface area contributed by atoms with Crippen LogP contribution in [0.4, 0.5) is 8.78 Å². The van der Waals surface area contributed by atoms with Crippen LogP contribution in [0.15, 0.2) is 18.5 Å². The van der Waals surface area contributed by atoms with E-state index < -0.39 is 17.7 Å². The Kier molecular flexibility index (Phi) is 7.58. The Morgan fingerprint density at radius 2 is 1.83 bits per heavy atom. The largest absolute Gasteiger partial charge is 0.354 e. The number of carbonyl (C=O) groups is 1. The number of nitrogens with zero attached hydrogens (tertiary/aromatic N) is 3. The van der Waals surface area contributed by atoms with Gasteiger partial charge in [-0.1, -0.05) is 26.7 Å². The fraction of sp³-hybridized carbons (Fsp3) is 0.636. The number of hydrogen-bond donors (Lipinski definition) is 1.